The average molecular weight is 232 g/mol. The second-order valence-corrected chi connectivity index (χ2v) is 3.51. The first-order valence-electron chi connectivity index (χ1n) is 5.07. The van der Waals surface area contributed by atoms with Gasteiger partial charge in [0.2, 0.25) is 0 Å². The molecule has 0 saturated heterocycles. The number of imidazole rings is 1. The molecule has 6 heteroatoms. The van der Waals surface area contributed by atoms with E-state index in [1.165, 1.54) is 6.07 Å². The molecule has 0 atom stereocenters. The molecule has 0 aliphatic heterocycles. The molecule has 2 rings (SSSR count). The fourth-order valence-corrected chi connectivity index (χ4v) is 1.45. The highest BCUT2D eigenvalue weighted by atomic mass is 16.4. The number of carbonyl (C=O) groups is 1. The van der Waals surface area contributed by atoms with E-state index < -0.39 is 5.97 Å². The summed E-state index contributed by atoms with van der Waals surface area (Å²) in [5.74, 6) is 0.162. The van der Waals surface area contributed by atoms with Crippen LogP contribution in [0.1, 0.15) is 16.2 Å². The molecule has 0 aliphatic rings. The zero-order valence-corrected chi connectivity index (χ0v) is 9.29. The van der Waals surface area contributed by atoms with Gasteiger partial charge in [0.25, 0.3) is 0 Å². The monoisotopic (exact) mass is 232 g/mol. The Labute approximate surface area is 97.9 Å². The summed E-state index contributed by atoms with van der Waals surface area (Å²) in [6.07, 6.45) is 5.06. The molecule has 0 radical (unpaired) electrons. The van der Waals surface area contributed by atoms with Crippen LogP contribution >= 0.6 is 0 Å². The van der Waals surface area contributed by atoms with Gasteiger partial charge >= 0.3 is 5.97 Å². The Balaban J connectivity index is 2.14. The molecule has 2 aromatic rings. The van der Waals surface area contributed by atoms with Gasteiger partial charge in [0, 0.05) is 25.6 Å². The fourth-order valence-electron chi connectivity index (χ4n) is 1.45. The Morgan fingerprint density at radius 1 is 1.47 bits per heavy atom. The van der Waals surface area contributed by atoms with Gasteiger partial charge < -0.3 is 15.0 Å². The Morgan fingerprint density at radius 3 is 2.94 bits per heavy atom. The molecule has 2 aromatic heterocycles. The van der Waals surface area contributed by atoms with Gasteiger partial charge in [-0.25, -0.2) is 14.8 Å². The number of nitrogens with zero attached hydrogens (tertiary/aromatic N) is 3. The molecule has 0 aromatic carbocycles. The molecule has 0 bridgehead atoms. The van der Waals surface area contributed by atoms with Crippen molar-refractivity contribution in [3.63, 3.8) is 0 Å². The number of carboxylic acid groups (broad SMARTS) is 1. The summed E-state index contributed by atoms with van der Waals surface area (Å²) in [4.78, 5) is 19.1. The van der Waals surface area contributed by atoms with Crippen LogP contribution < -0.4 is 5.32 Å². The maximum absolute atomic E-state index is 10.9. The Bertz CT molecular complexity index is 536. The molecule has 0 amide bonds. The Hall–Kier alpha value is -2.37. The Kier molecular flexibility index (Phi) is 3.04. The van der Waals surface area contributed by atoms with Crippen molar-refractivity contribution in [1.29, 1.82) is 0 Å². The Morgan fingerprint density at radius 2 is 2.29 bits per heavy atom. The molecule has 2 N–H and O–H groups in total. The van der Waals surface area contributed by atoms with Crippen molar-refractivity contribution in [2.45, 2.75) is 6.54 Å². The van der Waals surface area contributed by atoms with Crippen LogP contribution in [-0.2, 0) is 13.6 Å². The molecule has 6 nitrogen and oxygen atoms in total. The van der Waals surface area contributed by atoms with Gasteiger partial charge in [-0.3, -0.25) is 0 Å². The van der Waals surface area contributed by atoms with E-state index in [0.717, 1.165) is 5.82 Å². The summed E-state index contributed by atoms with van der Waals surface area (Å²) in [7, 11) is 1.88. The minimum atomic E-state index is -1.000. The molecule has 0 spiro atoms. The third-order valence-corrected chi connectivity index (χ3v) is 2.37. The number of pyridine rings is 1. The smallest absolute Gasteiger partial charge is 0.339 e. The number of aryl methyl sites for hydroxylation is 1. The lowest BCUT2D eigenvalue weighted by molar-refractivity contribution is 0.0697. The van der Waals surface area contributed by atoms with Crippen molar-refractivity contribution in [3.05, 3.63) is 42.1 Å². The van der Waals surface area contributed by atoms with Crippen LogP contribution in [-0.4, -0.2) is 25.6 Å². The lowest BCUT2D eigenvalue weighted by Crippen LogP contribution is -2.10. The molecule has 2 heterocycles. The number of aromatic carboxylic acids is 1. The summed E-state index contributed by atoms with van der Waals surface area (Å²) in [5, 5.41) is 11.9. The number of hydrogen-bond acceptors (Lipinski definition) is 4. The molecule has 17 heavy (non-hydrogen) atoms. The van der Waals surface area contributed by atoms with Gasteiger partial charge in [0.05, 0.1) is 6.54 Å². The second-order valence-electron chi connectivity index (χ2n) is 3.51. The van der Waals surface area contributed by atoms with Crippen LogP contribution in [0.25, 0.3) is 0 Å². The highest BCUT2D eigenvalue weighted by Crippen LogP contribution is 2.12. The first kappa shape index (κ1) is 11.1. The minimum absolute atomic E-state index is 0.154. The molecule has 0 saturated carbocycles. The van der Waals surface area contributed by atoms with E-state index in [-0.39, 0.29) is 5.56 Å². The number of rotatable bonds is 4. The van der Waals surface area contributed by atoms with E-state index >= 15 is 0 Å². The van der Waals surface area contributed by atoms with Gasteiger partial charge in [0.1, 0.15) is 17.2 Å². The van der Waals surface area contributed by atoms with Crippen LogP contribution in [0, 0.1) is 0 Å². The summed E-state index contributed by atoms with van der Waals surface area (Å²) in [6.45, 7) is 0.431. The van der Waals surface area contributed by atoms with E-state index in [4.69, 9.17) is 5.11 Å². The predicted molar refractivity (Wildman–Crippen MR) is 61.7 cm³/mol. The van der Waals surface area contributed by atoms with E-state index in [2.05, 4.69) is 15.3 Å². The highest BCUT2D eigenvalue weighted by molar-refractivity contribution is 5.92. The van der Waals surface area contributed by atoms with Gasteiger partial charge in [-0.05, 0) is 12.1 Å². The summed E-state index contributed by atoms with van der Waals surface area (Å²) in [5.41, 5.74) is 0.154. The fraction of sp³-hybridized carbons (Fsp3) is 0.182. The van der Waals surface area contributed by atoms with E-state index in [9.17, 15) is 4.79 Å². The van der Waals surface area contributed by atoms with E-state index in [1.54, 1.807) is 18.5 Å². The molecular weight excluding hydrogens is 220 g/mol. The van der Waals surface area contributed by atoms with Gasteiger partial charge in [-0.2, -0.15) is 0 Å². The number of carboxylic acids is 1. The van der Waals surface area contributed by atoms with Crippen molar-refractivity contribution in [1.82, 2.24) is 14.5 Å². The molecule has 0 aliphatic carbocycles. The highest BCUT2D eigenvalue weighted by Gasteiger charge is 2.10. The third-order valence-electron chi connectivity index (χ3n) is 2.37. The van der Waals surface area contributed by atoms with Crippen LogP contribution in [0.15, 0.2) is 30.7 Å². The lowest BCUT2D eigenvalue weighted by Gasteiger charge is -2.07. The van der Waals surface area contributed by atoms with E-state index in [1.807, 2.05) is 17.8 Å². The van der Waals surface area contributed by atoms with Crippen LogP contribution in [0.4, 0.5) is 5.82 Å². The van der Waals surface area contributed by atoms with Crippen LogP contribution in [0.5, 0.6) is 0 Å². The van der Waals surface area contributed by atoms with Gasteiger partial charge in [-0.15, -0.1) is 0 Å². The first-order chi connectivity index (χ1) is 8.18. The average Bonchev–Trinajstić information content (AvgIpc) is 2.72. The maximum Gasteiger partial charge on any atom is 0.339 e. The molecule has 0 unspecified atom stereocenters. The van der Waals surface area contributed by atoms with Crippen molar-refractivity contribution in [2.24, 2.45) is 7.05 Å². The van der Waals surface area contributed by atoms with Crippen molar-refractivity contribution >= 4 is 11.8 Å². The number of aromatic nitrogens is 3. The van der Waals surface area contributed by atoms with E-state index in [0.29, 0.717) is 12.4 Å². The zero-order valence-electron chi connectivity index (χ0n) is 9.29. The van der Waals surface area contributed by atoms with Crippen molar-refractivity contribution in [3.8, 4) is 0 Å². The molecular formula is C11H12N4O2. The molecule has 0 fully saturated rings. The predicted octanol–water partition coefficient (Wildman–Crippen LogP) is 1.13. The second kappa shape index (κ2) is 4.65. The topological polar surface area (TPSA) is 80.0 Å². The minimum Gasteiger partial charge on any atom is -0.478 e. The van der Waals surface area contributed by atoms with Crippen LogP contribution in [0.3, 0.4) is 0 Å². The van der Waals surface area contributed by atoms with Crippen LogP contribution in [0.2, 0.25) is 0 Å². The standard InChI is InChI=1S/C11H12N4O2/c1-15-6-5-12-9(15)7-14-10-8(11(16)17)3-2-4-13-10/h2-6H,7H2,1H3,(H,13,14)(H,16,17). The maximum atomic E-state index is 10.9. The SMILES string of the molecule is Cn1ccnc1CNc1ncccc1C(=O)O. The largest absolute Gasteiger partial charge is 0.478 e. The number of nitrogens with one attached hydrogen (secondary N) is 1. The number of anilines is 1. The number of hydrogen-bond donors (Lipinski definition) is 2. The molecule has 88 valence electrons. The normalized spacial score (nSPS) is 10.2. The summed E-state index contributed by atoms with van der Waals surface area (Å²) >= 11 is 0. The van der Waals surface area contributed by atoms with Crippen molar-refractivity contribution < 1.29 is 9.90 Å². The lowest BCUT2D eigenvalue weighted by atomic mass is 10.2. The first-order valence-corrected chi connectivity index (χ1v) is 5.07. The van der Waals surface area contributed by atoms with Gasteiger partial charge in [-0.1, -0.05) is 0 Å². The zero-order chi connectivity index (χ0) is 12.3. The van der Waals surface area contributed by atoms with Gasteiger partial charge in [0.15, 0.2) is 0 Å². The van der Waals surface area contributed by atoms with Crippen molar-refractivity contribution in [2.75, 3.05) is 5.32 Å². The summed E-state index contributed by atoms with van der Waals surface area (Å²) < 4.78 is 1.86. The quantitative estimate of drug-likeness (QED) is 0.825. The third kappa shape index (κ3) is 2.41. The summed E-state index contributed by atoms with van der Waals surface area (Å²) in [6, 6.07) is 3.10.